The second-order valence-electron chi connectivity index (χ2n) is 3.64. The van der Waals surface area contributed by atoms with Crippen molar-refractivity contribution in [2.24, 2.45) is 0 Å². The van der Waals surface area contributed by atoms with Crippen molar-refractivity contribution in [3.63, 3.8) is 0 Å². The Morgan fingerprint density at radius 2 is 2.20 bits per heavy atom. The molecule has 0 aliphatic rings. The SMILES string of the molecule is O=C(NCc1nn[nH]n1)Nc1cc(C(=O)O)ccc1Br. The molecule has 20 heavy (non-hydrogen) atoms. The van der Waals surface area contributed by atoms with Gasteiger partial charge in [0, 0.05) is 4.47 Å². The molecular formula is C10H9BrN6O3. The highest BCUT2D eigenvalue weighted by atomic mass is 79.9. The van der Waals surface area contributed by atoms with Crippen molar-refractivity contribution in [1.82, 2.24) is 25.9 Å². The number of tetrazole rings is 1. The van der Waals surface area contributed by atoms with E-state index in [9.17, 15) is 9.59 Å². The van der Waals surface area contributed by atoms with Crippen molar-refractivity contribution in [3.8, 4) is 0 Å². The number of carbonyl (C=O) groups is 2. The number of urea groups is 1. The standard InChI is InChI=1S/C10H9BrN6O3/c11-6-2-1-5(9(18)19)3-7(6)13-10(20)12-4-8-14-16-17-15-8/h1-3H,4H2,(H,18,19)(H2,12,13,20)(H,14,15,16,17). The number of H-pyrrole nitrogens is 1. The number of aromatic nitrogens is 4. The van der Waals surface area contributed by atoms with Crippen molar-refractivity contribution < 1.29 is 14.7 Å². The first-order chi connectivity index (χ1) is 9.56. The molecule has 1 aromatic heterocycles. The van der Waals surface area contributed by atoms with E-state index in [1.807, 2.05) is 0 Å². The number of aromatic amines is 1. The molecule has 2 rings (SSSR count). The number of nitrogens with one attached hydrogen (secondary N) is 3. The summed E-state index contributed by atoms with van der Waals surface area (Å²) in [6.45, 7) is 0.0958. The second-order valence-corrected chi connectivity index (χ2v) is 4.49. The lowest BCUT2D eigenvalue weighted by atomic mass is 10.2. The average Bonchev–Trinajstić information content (AvgIpc) is 2.92. The maximum atomic E-state index is 11.7. The lowest BCUT2D eigenvalue weighted by Gasteiger charge is -2.08. The monoisotopic (exact) mass is 340 g/mol. The molecule has 0 saturated heterocycles. The van der Waals surface area contributed by atoms with Crippen LogP contribution < -0.4 is 10.6 Å². The predicted molar refractivity (Wildman–Crippen MR) is 71.1 cm³/mol. The summed E-state index contributed by atoms with van der Waals surface area (Å²) in [7, 11) is 0. The van der Waals surface area contributed by atoms with Crippen molar-refractivity contribution in [3.05, 3.63) is 34.1 Å². The van der Waals surface area contributed by atoms with Crippen LogP contribution in [0.5, 0.6) is 0 Å². The van der Waals surface area contributed by atoms with E-state index in [4.69, 9.17) is 5.11 Å². The second kappa shape index (κ2) is 6.10. The van der Waals surface area contributed by atoms with Crippen LogP contribution >= 0.6 is 15.9 Å². The van der Waals surface area contributed by atoms with Crippen LogP contribution in [0.3, 0.4) is 0 Å². The fourth-order valence-electron chi connectivity index (χ4n) is 1.34. The van der Waals surface area contributed by atoms with Crippen LogP contribution in [0.1, 0.15) is 16.2 Å². The molecular weight excluding hydrogens is 332 g/mol. The molecule has 0 unspecified atom stereocenters. The summed E-state index contributed by atoms with van der Waals surface area (Å²) < 4.78 is 0.567. The van der Waals surface area contributed by atoms with Crippen molar-refractivity contribution in [1.29, 1.82) is 0 Å². The molecule has 9 nitrogen and oxygen atoms in total. The van der Waals surface area contributed by atoms with Gasteiger partial charge in [0.15, 0.2) is 5.82 Å². The number of amides is 2. The number of anilines is 1. The number of aromatic carboxylic acids is 1. The van der Waals surface area contributed by atoms with Crippen LogP contribution in [0.2, 0.25) is 0 Å². The van der Waals surface area contributed by atoms with Crippen molar-refractivity contribution in [2.75, 3.05) is 5.32 Å². The Morgan fingerprint density at radius 1 is 1.40 bits per heavy atom. The highest BCUT2D eigenvalue weighted by molar-refractivity contribution is 9.10. The maximum Gasteiger partial charge on any atom is 0.335 e. The van der Waals surface area contributed by atoms with Gasteiger partial charge in [0.2, 0.25) is 0 Å². The van der Waals surface area contributed by atoms with E-state index >= 15 is 0 Å². The summed E-state index contributed by atoms with van der Waals surface area (Å²) in [5.41, 5.74) is 0.414. The topological polar surface area (TPSA) is 133 Å². The van der Waals surface area contributed by atoms with Crippen LogP contribution in [0.15, 0.2) is 22.7 Å². The highest BCUT2D eigenvalue weighted by Crippen LogP contribution is 2.23. The van der Waals surface area contributed by atoms with Gasteiger partial charge in [0.05, 0.1) is 17.8 Å². The van der Waals surface area contributed by atoms with E-state index in [-0.39, 0.29) is 12.1 Å². The molecule has 0 spiro atoms. The van der Waals surface area contributed by atoms with E-state index in [2.05, 4.69) is 47.2 Å². The Morgan fingerprint density at radius 3 is 2.85 bits per heavy atom. The molecule has 10 heteroatoms. The third-order valence-electron chi connectivity index (χ3n) is 2.26. The van der Waals surface area contributed by atoms with Crippen LogP contribution in [0, 0.1) is 0 Å². The first-order valence-corrected chi connectivity index (χ1v) is 6.15. The Bertz CT molecular complexity index is 630. The number of carboxylic acid groups (broad SMARTS) is 1. The zero-order chi connectivity index (χ0) is 14.5. The molecule has 4 N–H and O–H groups in total. The smallest absolute Gasteiger partial charge is 0.335 e. The molecule has 0 atom stereocenters. The summed E-state index contributed by atoms with van der Waals surface area (Å²) >= 11 is 3.22. The van der Waals surface area contributed by atoms with Gasteiger partial charge in [-0.05, 0) is 34.1 Å². The normalized spacial score (nSPS) is 10.1. The largest absolute Gasteiger partial charge is 0.478 e. The number of benzene rings is 1. The van der Waals surface area contributed by atoms with E-state index in [1.54, 1.807) is 0 Å². The third-order valence-corrected chi connectivity index (χ3v) is 2.95. The number of hydrogen-bond acceptors (Lipinski definition) is 5. The minimum absolute atomic E-state index is 0.0710. The maximum absolute atomic E-state index is 11.7. The van der Waals surface area contributed by atoms with Gasteiger partial charge in [-0.15, -0.1) is 10.2 Å². The van der Waals surface area contributed by atoms with E-state index in [0.29, 0.717) is 16.0 Å². The zero-order valence-corrected chi connectivity index (χ0v) is 11.5. The van der Waals surface area contributed by atoms with Crippen molar-refractivity contribution in [2.45, 2.75) is 6.54 Å². The average molecular weight is 341 g/mol. The lowest BCUT2D eigenvalue weighted by molar-refractivity contribution is 0.0697. The van der Waals surface area contributed by atoms with Gasteiger partial charge < -0.3 is 15.7 Å². The fraction of sp³-hybridized carbons (Fsp3) is 0.100. The minimum Gasteiger partial charge on any atom is -0.478 e. The van der Waals surface area contributed by atoms with Gasteiger partial charge in [-0.2, -0.15) is 5.21 Å². The fourth-order valence-corrected chi connectivity index (χ4v) is 1.68. The number of hydrogen-bond donors (Lipinski definition) is 4. The van der Waals surface area contributed by atoms with E-state index in [0.717, 1.165) is 0 Å². The van der Waals surface area contributed by atoms with Gasteiger partial charge >= 0.3 is 12.0 Å². The zero-order valence-electron chi connectivity index (χ0n) is 9.92. The molecule has 1 aromatic carbocycles. The molecule has 1 heterocycles. The summed E-state index contributed by atoms with van der Waals surface area (Å²) in [6.07, 6.45) is 0. The lowest BCUT2D eigenvalue weighted by Crippen LogP contribution is -2.28. The molecule has 104 valence electrons. The number of carbonyl (C=O) groups excluding carboxylic acids is 1. The first-order valence-electron chi connectivity index (χ1n) is 5.36. The summed E-state index contributed by atoms with van der Waals surface area (Å²) in [5, 5.41) is 26.9. The quantitative estimate of drug-likeness (QED) is 0.655. The van der Waals surface area contributed by atoms with Crippen LogP contribution in [-0.4, -0.2) is 37.7 Å². The van der Waals surface area contributed by atoms with Gasteiger partial charge in [-0.1, -0.05) is 5.21 Å². The van der Waals surface area contributed by atoms with Gasteiger partial charge in [0.1, 0.15) is 0 Å². The van der Waals surface area contributed by atoms with Crippen LogP contribution in [-0.2, 0) is 6.54 Å². The van der Waals surface area contributed by atoms with E-state index in [1.165, 1.54) is 18.2 Å². The Balaban J connectivity index is 2.00. The summed E-state index contributed by atoms with van der Waals surface area (Å²) in [5.74, 6) is -0.744. The van der Waals surface area contributed by atoms with Gasteiger partial charge in [-0.3, -0.25) is 0 Å². The number of rotatable bonds is 4. The van der Waals surface area contributed by atoms with Gasteiger partial charge in [-0.25, -0.2) is 9.59 Å². The van der Waals surface area contributed by atoms with Crippen molar-refractivity contribution >= 4 is 33.6 Å². The number of nitrogens with zero attached hydrogens (tertiary/aromatic N) is 3. The third kappa shape index (κ3) is 3.51. The predicted octanol–water partition coefficient (Wildman–Crippen LogP) is 0.982. The molecule has 0 bridgehead atoms. The first kappa shape index (κ1) is 13.9. The molecule has 0 radical (unpaired) electrons. The molecule has 0 saturated carbocycles. The summed E-state index contributed by atoms with van der Waals surface area (Å²) in [6, 6.07) is 3.80. The molecule has 2 aromatic rings. The number of halogens is 1. The minimum atomic E-state index is -1.08. The number of carboxylic acids is 1. The Labute approximate surface area is 120 Å². The Kier molecular flexibility index (Phi) is 4.25. The van der Waals surface area contributed by atoms with Crippen LogP contribution in [0.4, 0.5) is 10.5 Å². The molecule has 0 fully saturated rings. The Hall–Kier alpha value is -2.49. The molecule has 0 aliphatic heterocycles. The van der Waals surface area contributed by atoms with Gasteiger partial charge in [0.25, 0.3) is 0 Å². The highest BCUT2D eigenvalue weighted by Gasteiger charge is 2.10. The molecule has 2 amide bonds. The summed E-state index contributed by atoms with van der Waals surface area (Å²) in [4.78, 5) is 22.5. The molecule has 0 aliphatic carbocycles. The van der Waals surface area contributed by atoms with Crippen LogP contribution in [0.25, 0.3) is 0 Å². The van der Waals surface area contributed by atoms with E-state index < -0.39 is 12.0 Å².